The van der Waals surface area contributed by atoms with E-state index in [2.05, 4.69) is 5.32 Å². The van der Waals surface area contributed by atoms with Crippen LogP contribution >= 0.6 is 0 Å². The highest BCUT2D eigenvalue weighted by Gasteiger charge is 2.34. The Balaban J connectivity index is 2.10. The van der Waals surface area contributed by atoms with Gasteiger partial charge in [0.15, 0.2) is 0 Å². The van der Waals surface area contributed by atoms with Gasteiger partial charge in [-0.25, -0.2) is 8.42 Å². The lowest BCUT2D eigenvalue weighted by Crippen LogP contribution is -2.52. The number of ether oxygens (including phenoxy) is 1. The van der Waals surface area contributed by atoms with Crippen LogP contribution in [0, 0.1) is 13.8 Å². The lowest BCUT2D eigenvalue weighted by Gasteiger charge is -2.33. The number of carbonyl (C=O) groups is 2. The van der Waals surface area contributed by atoms with Crippen molar-refractivity contribution in [2.24, 2.45) is 0 Å². The zero-order valence-electron chi connectivity index (χ0n) is 23.9. The van der Waals surface area contributed by atoms with Gasteiger partial charge in [-0.15, -0.1) is 0 Å². The molecule has 0 fully saturated rings. The quantitative estimate of drug-likeness (QED) is 0.320. The van der Waals surface area contributed by atoms with Crippen LogP contribution in [0.15, 0.2) is 77.7 Å². The zero-order chi connectivity index (χ0) is 29.3. The summed E-state index contributed by atoms with van der Waals surface area (Å²) in [6.45, 7) is 7.73. The number of benzene rings is 3. The van der Waals surface area contributed by atoms with E-state index in [1.807, 2.05) is 58.0 Å². The number of nitrogens with zero attached hydrogens (tertiary/aromatic N) is 2. The molecule has 3 aromatic carbocycles. The van der Waals surface area contributed by atoms with Crippen molar-refractivity contribution in [3.8, 4) is 5.75 Å². The Hall–Kier alpha value is -3.85. The van der Waals surface area contributed by atoms with Crippen molar-refractivity contribution in [1.29, 1.82) is 0 Å². The molecule has 1 atom stereocenters. The Morgan fingerprint density at radius 3 is 2.17 bits per heavy atom. The van der Waals surface area contributed by atoms with Crippen molar-refractivity contribution < 1.29 is 22.7 Å². The fourth-order valence-corrected chi connectivity index (χ4v) is 5.84. The van der Waals surface area contributed by atoms with E-state index < -0.39 is 28.5 Å². The molecule has 214 valence electrons. The largest absolute Gasteiger partial charge is 0.495 e. The van der Waals surface area contributed by atoms with Gasteiger partial charge < -0.3 is 15.0 Å². The molecule has 0 bridgehead atoms. The molecule has 1 unspecified atom stereocenters. The number of carbonyl (C=O) groups excluding carboxylic acids is 2. The summed E-state index contributed by atoms with van der Waals surface area (Å²) in [6.07, 6.45) is 1.12. The van der Waals surface area contributed by atoms with Crippen LogP contribution in [0.3, 0.4) is 0 Å². The molecule has 2 amide bonds. The number of aryl methyl sites for hydroxylation is 2. The van der Waals surface area contributed by atoms with Crippen LogP contribution in [-0.4, -0.2) is 51.4 Å². The first-order chi connectivity index (χ1) is 19.1. The van der Waals surface area contributed by atoms with Crippen LogP contribution in [0.2, 0.25) is 0 Å². The lowest BCUT2D eigenvalue weighted by atomic mass is 10.1. The van der Waals surface area contributed by atoms with Gasteiger partial charge in [0.25, 0.3) is 10.0 Å². The minimum absolute atomic E-state index is 0.0455. The molecule has 0 aliphatic carbocycles. The molecule has 3 aromatic rings. The average Bonchev–Trinajstić information content (AvgIpc) is 2.95. The summed E-state index contributed by atoms with van der Waals surface area (Å²) in [5, 5.41) is 2.90. The minimum Gasteiger partial charge on any atom is -0.495 e. The molecule has 3 rings (SSSR count). The number of amides is 2. The van der Waals surface area contributed by atoms with E-state index in [1.54, 1.807) is 30.3 Å². The van der Waals surface area contributed by atoms with E-state index in [4.69, 9.17) is 4.74 Å². The summed E-state index contributed by atoms with van der Waals surface area (Å²) in [5.41, 5.74) is 2.96. The summed E-state index contributed by atoms with van der Waals surface area (Å²) < 4.78 is 34.6. The van der Waals surface area contributed by atoms with Gasteiger partial charge in [-0.3, -0.25) is 13.9 Å². The normalized spacial score (nSPS) is 11.9. The van der Waals surface area contributed by atoms with Crippen molar-refractivity contribution in [2.75, 3.05) is 24.5 Å². The Kier molecular flexibility index (Phi) is 10.7. The van der Waals surface area contributed by atoms with Gasteiger partial charge in [-0.1, -0.05) is 67.9 Å². The second-order valence-electron chi connectivity index (χ2n) is 9.72. The Morgan fingerprint density at radius 2 is 1.57 bits per heavy atom. The summed E-state index contributed by atoms with van der Waals surface area (Å²) in [5.74, 6) is -0.451. The number of hydrogen-bond donors (Lipinski definition) is 1. The van der Waals surface area contributed by atoms with Crippen molar-refractivity contribution in [2.45, 2.75) is 58.0 Å². The summed E-state index contributed by atoms with van der Waals surface area (Å²) in [6, 6.07) is 20.1. The molecule has 0 aromatic heterocycles. The Labute approximate surface area is 238 Å². The van der Waals surface area contributed by atoms with Crippen LogP contribution in [0.4, 0.5) is 5.69 Å². The molecule has 0 aliphatic rings. The maximum atomic E-state index is 14.1. The molecular formula is C31H39N3O5S. The van der Waals surface area contributed by atoms with Gasteiger partial charge in [0.05, 0.1) is 17.7 Å². The molecule has 0 heterocycles. The van der Waals surface area contributed by atoms with Crippen LogP contribution in [0.25, 0.3) is 0 Å². The van der Waals surface area contributed by atoms with Crippen LogP contribution < -0.4 is 14.4 Å². The van der Waals surface area contributed by atoms with E-state index in [-0.39, 0.29) is 23.0 Å². The molecule has 0 aliphatic heterocycles. The molecular weight excluding hydrogens is 526 g/mol. The van der Waals surface area contributed by atoms with Crippen molar-refractivity contribution >= 4 is 27.5 Å². The summed E-state index contributed by atoms with van der Waals surface area (Å²) >= 11 is 0. The third-order valence-corrected chi connectivity index (χ3v) is 8.40. The fourth-order valence-electron chi connectivity index (χ4n) is 4.40. The van der Waals surface area contributed by atoms with E-state index in [0.29, 0.717) is 18.7 Å². The van der Waals surface area contributed by atoms with Crippen molar-refractivity contribution in [3.63, 3.8) is 0 Å². The number of methoxy groups -OCH3 is 1. The third-order valence-electron chi connectivity index (χ3n) is 6.62. The van der Waals surface area contributed by atoms with Crippen LogP contribution in [0.1, 0.15) is 43.4 Å². The first kappa shape index (κ1) is 30.7. The highest BCUT2D eigenvalue weighted by atomic mass is 32.2. The standard InChI is InChI=1S/C31H39N3O5S/c1-6-19-32-31(36)27(7-2)33(21-25-16-13-23(3)14-17-25)30(35)22-34(28-20-24(4)15-18-29(28)39-5)40(37,38)26-11-9-8-10-12-26/h8-18,20,27H,6-7,19,21-22H2,1-5H3,(H,32,36). The highest BCUT2D eigenvalue weighted by Crippen LogP contribution is 2.33. The van der Waals surface area contributed by atoms with E-state index in [1.165, 1.54) is 24.1 Å². The number of anilines is 1. The molecule has 9 heteroatoms. The van der Waals surface area contributed by atoms with Gasteiger partial charge in [0.2, 0.25) is 11.8 Å². The molecule has 0 spiro atoms. The SMILES string of the molecule is CCCNC(=O)C(CC)N(Cc1ccc(C)cc1)C(=O)CN(c1cc(C)ccc1OC)S(=O)(=O)c1ccccc1. The van der Waals surface area contributed by atoms with Gasteiger partial charge in [0, 0.05) is 13.1 Å². The molecule has 0 saturated carbocycles. The smallest absolute Gasteiger partial charge is 0.264 e. The van der Waals surface area contributed by atoms with E-state index in [9.17, 15) is 18.0 Å². The predicted octanol–water partition coefficient (Wildman–Crippen LogP) is 4.84. The average molecular weight is 566 g/mol. The van der Waals surface area contributed by atoms with Gasteiger partial charge in [-0.05, 0) is 62.1 Å². The number of rotatable bonds is 13. The molecule has 0 radical (unpaired) electrons. The maximum absolute atomic E-state index is 14.1. The fraction of sp³-hybridized carbons (Fsp3) is 0.355. The van der Waals surface area contributed by atoms with Gasteiger partial charge in [0.1, 0.15) is 18.3 Å². The Morgan fingerprint density at radius 1 is 0.925 bits per heavy atom. The Bertz CT molecular complexity index is 1390. The predicted molar refractivity (Wildman–Crippen MR) is 158 cm³/mol. The molecule has 8 nitrogen and oxygen atoms in total. The van der Waals surface area contributed by atoms with Crippen LogP contribution in [-0.2, 0) is 26.2 Å². The third kappa shape index (κ3) is 7.41. The molecule has 40 heavy (non-hydrogen) atoms. The summed E-state index contributed by atoms with van der Waals surface area (Å²) in [7, 11) is -2.72. The number of nitrogens with one attached hydrogen (secondary N) is 1. The summed E-state index contributed by atoms with van der Waals surface area (Å²) in [4.78, 5) is 28.8. The first-order valence-corrected chi connectivity index (χ1v) is 14.9. The van der Waals surface area contributed by atoms with Crippen molar-refractivity contribution in [1.82, 2.24) is 10.2 Å². The second-order valence-corrected chi connectivity index (χ2v) is 11.6. The first-order valence-electron chi connectivity index (χ1n) is 13.5. The van der Waals surface area contributed by atoms with Gasteiger partial charge in [-0.2, -0.15) is 0 Å². The van der Waals surface area contributed by atoms with Crippen molar-refractivity contribution in [3.05, 3.63) is 89.5 Å². The molecule has 0 saturated heterocycles. The number of hydrogen-bond acceptors (Lipinski definition) is 5. The van der Waals surface area contributed by atoms with E-state index >= 15 is 0 Å². The zero-order valence-corrected chi connectivity index (χ0v) is 24.7. The number of sulfonamides is 1. The highest BCUT2D eigenvalue weighted by molar-refractivity contribution is 7.92. The van der Waals surface area contributed by atoms with Gasteiger partial charge >= 0.3 is 0 Å². The van der Waals surface area contributed by atoms with Crippen LogP contribution in [0.5, 0.6) is 5.75 Å². The minimum atomic E-state index is -4.17. The molecule has 1 N–H and O–H groups in total. The lowest BCUT2D eigenvalue weighted by molar-refractivity contribution is -0.140. The maximum Gasteiger partial charge on any atom is 0.264 e. The second kappa shape index (κ2) is 14.0. The van der Waals surface area contributed by atoms with E-state index in [0.717, 1.165) is 27.4 Å². The monoisotopic (exact) mass is 565 g/mol. The topological polar surface area (TPSA) is 96.0 Å².